The van der Waals surface area contributed by atoms with Gasteiger partial charge in [-0.3, -0.25) is 9.69 Å². The van der Waals surface area contributed by atoms with Crippen molar-refractivity contribution in [2.24, 2.45) is 0 Å². The van der Waals surface area contributed by atoms with Crippen LogP contribution >= 0.6 is 0 Å². The number of nitrogens with one attached hydrogen (secondary N) is 2. The van der Waals surface area contributed by atoms with Crippen molar-refractivity contribution < 1.29 is 17.9 Å². The lowest BCUT2D eigenvalue weighted by Crippen LogP contribution is -2.51. The predicted molar refractivity (Wildman–Crippen MR) is 103 cm³/mol. The van der Waals surface area contributed by atoms with Crippen molar-refractivity contribution in [2.75, 3.05) is 57.8 Å². The highest BCUT2D eigenvalue weighted by molar-refractivity contribution is 7.89. The zero-order valence-corrected chi connectivity index (χ0v) is 16.7. The third kappa shape index (κ3) is 4.85. The van der Waals surface area contributed by atoms with Crippen LogP contribution in [0.15, 0.2) is 23.1 Å². The van der Waals surface area contributed by atoms with Crippen LogP contribution in [0.3, 0.4) is 0 Å². The molecule has 0 radical (unpaired) electrons. The number of sulfonamides is 1. The molecule has 27 heavy (non-hydrogen) atoms. The van der Waals surface area contributed by atoms with Crippen LogP contribution in [0.5, 0.6) is 0 Å². The Bertz CT molecular complexity index is 778. The first-order valence-electron chi connectivity index (χ1n) is 9.31. The van der Waals surface area contributed by atoms with Gasteiger partial charge in [0.15, 0.2) is 0 Å². The lowest BCUT2D eigenvalue weighted by molar-refractivity contribution is -0.118. The molecule has 0 aliphatic carbocycles. The molecule has 0 bridgehead atoms. The van der Waals surface area contributed by atoms with Gasteiger partial charge in [0.2, 0.25) is 15.9 Å². The van der Waals surface area contributed by atoms with Gasteiger partial charge in [-0.15, -0.1) is 0 Å². The average molecular weight is 397 g/mol. The number of amides is 1. The van der Waals surface area contributed by atoms with Crippen LogP contribution in [-0.2, 0) is 19.6 Å². The smallest absolute Gasteiger partial charge is 0.243 e. The number of carbonyl (C=O) groups is 1. The largest absolute Gasteiger partial charge is 0.379 e. The lowest BCUT2D eigenvalue weighted by Gasteiger charge is -2.33. The number of piperazine rings is 1. The molecule has 2 fully saturated rings. The molecule has 0 aromatic heterocycles. The first-order chi connectivity index (χ1) is 12.9. The van der Waals surface area contributed by atoms with E-state index in [2.05, 4.69) is 22.5 Å². The minimum atomic E-state index is -3.60. The van der Waals surface area contributed by atoms with E-state index in [1.165, 1.54) is 4.31 Å². The van der Waals surface area contributed by atoms with Crippen LogP contribution < -0.4 is 10.6 Å². The second kappa shape index (κ2) is 8.66. The van der Waals surface area contributed by atoms with Gasteiger partial charge in [0.25, 0.3) is 0 Å². The maximum absolute atomic E-state index is 12.9. The maximum atomic E-state index is 12.9. The van der Waals surface area contributed by atoms with Crippen molar-refractivity contribution in [3.8, 4) is 0 Å². The van der Waals surface area contributed by atoms with Crippen molar-refractivity contribution in [3.05, 3.63) is 23.8 Å². The van der Waals surface area contributed by atoms with E-state index in [-0.39, 0.29) is 10.8 Å². The third-order valence-corrected chi connectivity index (χ3v) is 7.09. The molecule has 1 amide bonds. The van der Waals surface area contributed by atoms with Crippen LogP contribution in [0.4, 0.5) is 5.69 Å². The van der Waals surface area contributed by atoms with Gasteiger partial charge >= 0.3 is 0 Å². The molecular formula is C18H28N4O4S. The summed E-state index contributed by atoms with van der Waals surface area (Å²) in [7, 11) is -3.60. The van der Waals surface area contributed by atoms with Crippen LogP contribution in [0.2, 0.25) is 0 Å². The van der Waals surface area contributed by atoms with Gasteiger partial charge in [-0.1, -0.05) is 6.07 Å². The highest BCUT2D eigenvalue weighted by Crippen LogP contribution is 2.24. The third-order valence-electron chi connectivity index (χ3n) is 5.05. The lowest BCUT2D eigenvalue weighted by atomic mass is 10.2. The molecule has 2 N–H and O–H groups in total. The molecule has 1 atom stereocenters. The molecule has 8 nitrogen and oxygen atoms in total. The fraction of sp³-hybridized carbons (Fsp3) is 0.611. The number of nitrogens with zero attached hydrogens (tertiary/aromatic N) is 2. The first-order valence-corrected chi connectivity index (χ1v) is 10.7. The number of hydrogen-bond acceptors (Lipinski definition) is 6. The molecular weight excluding hydrogens is 368 g/mol. The molecule has 9 heteroatoms. The Morgan fingerprint density at radius 3 is 2.74 bits per heavy atom. The van der Waals surface area contributed by atoms with E-state index >= 15 is 0 Å². The summed E-state index contributed by atoms with van der Waals surface area (Å²) >= 11 is 0. The standard InChI is InChI=1S/C18H28N4O4S/c1-14-3-4-16(20-18(23)13-21-6-5-19-12-15(21)2)11-17(14)27(24,25)22-7-9-26-10-8-22/h3-4,11,15,19H,5-10,12-13H2,1-2H3,(H,20,23)/t15-/m1/s1. The fourth-order valence-electron chi connectivity index (χ4n) is 3.38. The Hall–Kier alpha value is -1.52. The quantitative estimate of drug-likeness (QED) is 0.741. The summed E-state index contributed by atoms with van der Waals surface area (Å²) in [5.74, 6) is -0.137. The number of rotatable bonds is 5. The van der Waals surface area contributed by atoms with Gasteiger partial charge in [0.05, 0.1) is 24.7 Å². The van der Waals surface area contributed by atoms with Gasteiger partial charge in [0.1, 0.15) is 0 Å². The predicted octanol–water partition coefficient (Wildman–Crippen LogP) is 0.248. The molecule has 0 saturated carbocycles. The summed E-state index contributed by atoms with van der Waals surface area (Å²) in [5, 5.41) is 6.14. The van der Waals surface area contributed by atoms with Crippen LogP contribution in [0, 0.1) is 6.92 Å². The van der Waals surface area contributed by atoms with E-state index in [4.69, 9.17) is 4.74 Å². The zero-order valence-electron chi connectivity index (χ0n) is 15.9. The number of carbonyl (C=O) groups excluding carboxylic acids is 1. The van der Waals surface area contributed by atoms with Crippen molar-refractivity contribution in [1.29, 1.82) is 0 Å². The van der Waals surface area contributed by atoms with E-state index < -0.39 is 10.0 Å². The molecule has 0 spiro atoms. The summed E-state index contributed by atoms with van der Waals surface area (Å²) < 4.78 is 32.6. The number of ether oxygens (including phenoxy) is 1. The Labute approximate surface area is 160 Å². The summed E-state index contributed by atoms with van der Waals surface area (Å²) in [6.45, 7) is 8.18. The topological polar surface area (TPSA) is 91.0 Å². The Balaban J connectivity index is 1.72. The van der Waals surface area contributed by atoms with E-state index in [0.717, 1.165) is 19.6 Å². The van der Waals surface area contributed by atoms with Crippen LogP contribution in [0.1, 0.15) is 12.5 Å². The van der Waals surface area contributed by atoms with Gasteiger partial charge in [0, 0.05) is 44.5 Å². The number of benzene rings is 1. The Kier molecular flexibility index (Phi) is 6.48. The molecule has 150 valence electrons. The Morgan fingerprint density at radius 2 is 2.04 bits per heavy atom. The summed E-state index contributed by atoms with van der Waals surface area (Å²) in [6, 6.07) is 5.32. The second-order valence-electron chi connectivity index (χ2n) is 7.07. The summed E-state index contributed by atoms with van der Waals surface area (Å²) in [4.78, 5) is 14.8. The average Bonchev–Trinajstić information content (AvgIpc) is 2.66. The van der Waals surface area contributed by atoms with Gasteiger partial charge in [-0.25, -0.2) is 8.42 Å². The minimum absolute atomic E-state index is 0.137. The molecule has 0 unspecified atom stereocenters. The highest BCUT2D eigenvalue weighted by atomic mass is 32.2. The fourth-order valence-corrected chi connectivity index (χ4v) is 5.04. The second-order valence-corrected chi connectivity index (χ2v) is 8.97. The summed E-state index contributed by atoms with van der Waals surface area (Å²) in [5.41, 5.74) is 1.16. The maximum Gasteiger partial charge on any atom is 0.243 e. The molecule has 2 aliphatic heterocycles. The number of morpholine rings is 1. The van der Waals surface area contributed by atoms with E-state index in [9.17, 15) is 13.2 Å². The summed E-state index contributed by atoms with van der Waals surface area (Å²) in [6.07, 6.45) is 0. The monoisotopic (exact) mass is 396 g/mol. The minimum Gasteiger partial charge on any atom is -0.379 e. The van der Waals surface area contributed by atoms with Gasteiger partial charge in [-0.05, 0) is 31.5 Å². The molecule has 1 aromatic carbocycles. The SMILES string of the molecule is Cc1ccc(NC(=O)CN2CCNC[C@H]2C)cc1S(=O)(=O)N1CCOCC1. The number of aryl methyl sites for hydroxylation is 1. The highest BCUT2D eigenvalue weighted by Gasteiger charge is 2.28. The van der Waals surface area contributed by atoms with Crippen molar-refractivity contribution in [2.45, 2.75) is 24.8 Å². The van der Waals surface area contributed by atoms with Crippen molar-refractivity contribution in [1.82, 2.24) is 14.5 Å². The molecule has 2 saturated heterocycles. The Morgan fingerprint density at radius 1 is 1.30 bits per heavy atom. The van der Waals surface area contributed by atoms with E-state index in [0.29, 0.717) is 50.1 Å². The number of hydrogen-bond donors (Lipinski definition) is 2. The van der Waals surface area contributed by atoms with Crippen LogP contribution in [-0.4, -0.2) is 82.1 Å². The van der Waals surface area contributed by atoms with Gasteiger partial charge < -0.3 is 15.4 Å². The molecule has 3 rings (SSSR count). The van der Waals surface area contributed by atoms with E-state index in [1.54, 1.807) is 25.1 Å². The van der Waals surface area contributed by atoms with E-state index in [1.807, 2.05) is 0 Å². The zero-order chi connectivity index (χ0) is 19.4. The molecule has 1 aromatic rings. The van der Waals surface area contributed by atoms with Crippen LogP contribution in [0.25, 0.3) is 0 Å². The number of anilines is 1. The first kappa shape index (κ1) is 20.2. The molecule has 2 heterocycles. The van der Waals surface area contributed by atoms with Crippen molar-refractivity contribution in [3.63, 3.8) is 0 Å². The normalized spacial score (nSPS) is 22.5. The van der Waals surface area contributed by atoms with Crippen molar-refractivity contribution >= 4 is 21.6 Å². The van der Waals surface area contributed by atoms with Gasteiger partial charge in [-0.2, -0.15) is 4.31 Å². The molecule has 2 aliphatic rings.